The van der Waals surface area contributed by atoms with E-state index >= 15 is 0 Å². The first-order chi connectivity index (χ1) is 31.1. The van der Waals surface area contributed by atoms with E-state index < -0.39 is 83.4 Å². The monoisotopic (exact) mass is 914 g/mol. The summed E-state index contributed by atoms with van der Waals surface area (Å²) in [6, 6.07) is 5.49. The van der Waals surface area contributed by atoms with E-state index in [0.29, 0.717) is 24.1 Å². The Hall–Kier alpha value is -5.52. The van der Waals surface area contributed by atoms with E-state index in [4.69, 9.17) is 33.4 Å². The zero-order valence-electron chi connectivity index (χ0n) is 39.6. The van der Waals surface area contributed by atoms with Gasteiger partial charge in [-0.2, -0.15) is 0 Å². The van der Waals surface area contributed by atoms with Crippen LogP contribution in [-0.4, -0.2) is 119 Å². The van der Waals surface area contributed by atoms with Crippen molar-refractivity contribution in [1.29, 1.82) is 0 Å². The average Bonchev–Trinajstić information content (AvgIpc) is 3.76. The van der Waals surface area contributed by atoms with E-state index in [1.165, 1.54) is 46.3 Å². The highest BCUT2D eigenvalue weighted by Gasteiger charge is 2.53. The summed E-state index contributed by atoms with van der Waals surface area (Å²) in [4.78, 5) is 46.2. The van der Waals surface area contributed by atoms with E-state index in [-0.39, 0.29) is 56.5 Å². The lowest BCUT2D eigenvalue weighted by atomic mass is 9.78. The standard InChI is InChI=1S/C50H63N3O13/c1-24-14-12-15-25(2)49(60)52-40-44(58)37-36(39-47(40)65-35-22-32(17-18-33(35)51-39)62-23-31-16-13-20-53(31,9)10)38-46(29(6)43(37)57)66-50(8,48(38)59)63-21-19-34(61-11)26(3)45(64-30(7)54)28(5)42(56)27(4)41(24)55/h12,14-15,17-19,21-22,24,26-28,31,34,41-42,44-45,55-56,58H,13,16,20,23H2,1-11H3,(H-,51,52,57,59,60)/p+1/b14-12+,21-19+,25-15-/t24-,26+,27+,28+,31?,34-,41-,42+,44?,45+,50-/m0/s1. The van der Waals surface area contributed by atoms with Gasteiger partial charge in [0, 0.05) is 85.8 Å². The van der Waals surface area contributed by atoms with Crippen molar-refractivity contribution >= 4 is 29.1 Å². The first-order valence-corrected chi connectivity index (χ1v) is 22.6. The minimum absolute atomic E-state index is 0.00677. The lowest BCUT2D eigenvalue weighted by Crippen LogP contribution is -2.46. The van der Waals surface area contributed by atoms with Crippen molar-refractivity contribution in [2.24, 2.45) is 28.7 Å². The van der Waals surface area contributed by atoms with Gasteiger partial charge >= 0.3 is 11.8 Å². The average molecular weight is 915 g/mol. The van der Waals surface area contributed by atoms with Gasteiger partial charge in [0.15, 0.2) is 11.5 Å². The smallest absolute Gasteiger partial charge is 0.312 e. The van der Waals surface area contributed by atoms with Crippen molar-refractivity contribution in [3.05, 3.63) is 88.0 Å². The number of likely N-dealkylation sites (tertiary alicyclic amines) is 1. The van der Waals surface area contributed by atoms with Crippen LogP contribution in [0.3, 0.4) is 0 Å². The molecule has 16 heteroatoms. The van der Waals surface area contributed by atoms with Crippen LogP contribution in [-0.2, 0) is 23.8 Å². The van der Waals surface area contributed by atoms with Crippen LogP contribution in [0.25, 0.3) is 0 Å². The maximum atomic E-state index is 14.8. The third-order valence-electron chi connectivity index (χ3n) is 14.2. The number of esters is 1. The predicted molar refractivity (Wildman–Crippen MR) is 243 cm³/mol. The molecule has 1 aliphatic carbocycles. The molecule has 5 bridgehead atoms. The molecule has 0 radical (unpaired) electrons. The molecule has 0 saturated carbocycles. The summed E-state index contributed by atoms with van der Waals surface area (Å²) >= 11 is 0. The van der Waals surface area contributed by atoms with Gasteiger partial charge in [-0.25, -0.2) is 4.99 Å². The highest BCUT2D eigenvalue weighted by Crippen LogP contribution is 2.53. The number of phenolic OH excluding ortho intramolecular Hbond substituents is 1. The Labute approximate surface area is 385 Å². The Morgan fingerprint density at radius 1 is 1.02 bits per heavy atom. The summed E-state index contributed by atoms with van der Waals surface area (Å²) in [6.45, 7) is 14.3. The Morgan fingerprint density at radius 2 is 1.74 bits per heavy atom. The zero-order chi connectivity index (χ0) is 48.2. The minimum atomic E-state index is -2.01. The van der Waals surface area contributed by atoms with Crippen molar-refractivity contribution in [3.63, 3.8) is 0 Å². The molecule has 11 atom stereocenters. The van der Waals surface area contributed by atoms with Gasteiger partial charge in [-0.3, -0.25) is 14.4 Å². The molecular weight excluding hydrogens is 851 g/mol. The molecule has 0 spiro atoms. The zero-order valence-corrected chi connectivity index (χ0v) is 39.6. The van der Waals surface area contributed by atoms with Crippen LogP contribution in [0.1, 0.15) is 94.5 Å². The number of fused-ring (bicyclic) bond motifs is 4. The van der Waals surface area contributed by atoms with E-state index in [9.17, 15) is 34.8 Å². The summed E-state index contributed by atoms with van der Waals surface area (Å²) in [5.74, 6) is -6.00. The van der Waals surface area contributed by atoms with E-state index in [1.54, 1.807) is 65.0 Å². The summed E-state index contributed by atoms with van der Waals surface area (Å²) < 4.78 is 37.7. The van der Waals surface area contributed by atoms with Crippen LogP contribution in [0.15, 0.2) is 70.8 Å². The van der Waals surface area contributed by atoms with Crippen LogP contribution in [0.5, 0.6) is 23.0 Å². The van der Waals surface area contributed by atoms with E-state index in [1.807, 2.05) is 0 Å². The molecule has 2 unspecified atom stereocenters. The number of carbonyl (C=O) groups excluding carboxylic acids is 3. The molecule has 1 saturated heterocycles. The first kappa shape index (κ1) is 48.4. The number of allylic oxidation sites excluding steroid dienone is 3. The number of Topliss-reactive ketones (excluding diaryl/α,β-unsaturated/α-hetero) is 1. The molecule has 0 aromatic heterocycles. The number of phenols is 1. The fourth-order valence-electron chi connectivity index (χ4n) is 9.77. The van der Waals surface area contributed by atoms with Crippen LogP contribution in [0.4, 0.5) is 5.69 Å². The predicted octanol–water partition coefficient (Wildman–Crippen LogP) is 5.76. The quantitative estimate of drug-likeness (QED) is 0.179. The second kappa shape index (κ2) is 18.6. The SMILES string of the molecule is CO[C@H]1/C=C/O[C@@]2(C)Oc3c(C)c(O)c4c(c3C2=O)C2=Nc3ccc(OCC5CCC[N+]5(C)C)cc3OC2=C(NC(=O)/C(C)=C\C=C\[C@H](C)[C@H](O)[C@@H](C)[C@@H](O)[C@@H](C)[C@H](OC(C)=O)[C@@H]1C)C4O. The number of hydrogen-bond donors (Lipinski definition) is 5. The Bertz CT molecular complexity index is 2440. The molecule has 1 fully saturated rings. The third-order valence-corrected chi connectivity index (χ3v) is 14.2. The number of hydrogen-bond acceptors (Lipinski definition) is 14. The van der Waals surface area contributed by atoms with Crippen LogP contribution in [0, 0.1) is 30.6 Å². The third kappa shape index (κ3) is 8.88. The number of amides is 1. The van der Waals surface area contributed by atoms with Gasteiger partial charge in [-0.1, -0.05) is 45.9 Å². The molecule has 1 amide bonds. The molecule has 16 nitrogen and oxygen atoms in total. The van der Waals surface area contributed by atoms with Crippen molar-refractivity contribution < 1.29 is 67.7 Å². The molecule has 2 aromatic rings. The summed E-state index contributed by atoms with van der Waals surface area (Å²) in [6.07, 6.45) is 4.18. The number of aliphatic imine (C=N–C) groups is 1. The number of methoxy groups -OCH3 is 1. The largest absolute Gasteiger partial charge is 0.507 e. The number of aliphatic hydroxyl groups excluding tert-OH is 3. The highest BCUT2D eigenvalue weighted by molar-refractivity contribution is 6.24. The fourth-order valence-corrected chi connectivity index (χ4v) is 9.77. The highest BCUT2D eigenvalue weighted by atomic mass is 16.7. The summed E-state index contributed by atoms with van der Waals surface area (Å²) in [5, 5.41) is 50.0. The number of nitrogens with one attached hydrogen (secondary N) is 1. The summed E-state index contributed by atoms with van der Waals surface area (Å²) in [7, 11) is 5.83. The van der Waals surface area contributed by atoms with Crippen LogP contribution in [0.2, 0.25) is 0 Å². The van der Waals surface area contributed by atoms with Gasteiger partial charge < -0.3 is 58.6 Å². The topological polar surface area (TPSA) is 212 Å². The lowest BCUT2D eigenvalue weighted by molar-refractivity contribution is -0.902. The van der Waals surface area contributed by atoms with Gasteiger partial charge in [0.05, 0.1) is 56.5 Å². The molecule has 5 aliphatic rings. The minimum Gasteiger partial charge on any atom is -0.507 e. The maximum Gasteiger partial charge on any atom is 0.312 e. The molecular formula is C50H64N3O13+. The van der Waals surface area contributed by atoms with Gasteiger partial charge in [-0.05, 0) is 32.1 Å². The van der Waals surface area contributed by atoms with Gasteiger partial charge in [0.2, 0.25) is 0 Å². The van der Waals surface area contributed by atoms with Crippen molar-refractivity contribution in [2.45, 2.75) is 111 Å². The number of aromatic hydroxyl groups is 1. The molecule has 2 aromatic carbocycles. The number of carbonyl (C=O) groups is 3. The number of likely N-dealkylation sites (N-methyl/N-ethyl adjacent to an activating group) is 1. The lowest BCUT2D eigenvalue weighted by Gasteiger charge is -2.38. The van der Waals surface area contributed by atoms with Gasteiger partial charge in [-0.15, -0.1) is 0 Å². The molecule has 7 rings (SSSR count). The van der Waals surface area contributed by atoms with Gasteiger partial charge in [0.25, 0.3) is 11.7 Å². The second-order valence-electron chi connectivity index (χ2n) is 19.1. The molecule has 4 heterocycles. The van der Waals surface area contributed by atoms with Crippen molar-refractivity contribution in [1.82, 2.24) is 5.32 Å². The molecule has 4 aliphatic heterocycles. The van der Waals surface area contributed by atoms with Crippen molar-refractivity contribution in [2.75, 3.05) is 34.4 Å². The maximum absolute atomic E-state index is 14.8. The first-order valence-electron chi connectivity index (χ1n) is 22.6. The molecule has 66 heavy (non-hydrogen) atoms. The Morgan fingerprint density at radius 3 is 2.41 bits per heavy atom. The molecule has 356 valence electrons. The summed E-state index contributed by atoms with van der Waals surface area (Å²) in [5.41, 5.74) is 0.525. The van der Waals surface area contributed by atoms with E-state index in [2.05, 4.69) is 19.4 Å². The Kier molecular flexibility index (Phi) is 13.7. The number of benzene rings is 2. The Balaban J connectivity index is 1.35. The number of aliphatic hydroxyl groups is 3. The van der Waals surface area contributed by atoms with E-state index in [0.717, 1.165) is 23.9 Å². The van der Waals surface area contributed by atoms with Gasteiger partial charge in [0.1, 0.15) is 53.5 Å². The normalized spacial score (nSPS) is 33.7. The van der Waals surface area contributed by atoms with Crippen LogP contribution < -0.4 is 19.5 Å². The number of ether oxygens (including phenoxy) is 6. The number of nitrogens with zero attached hydrogens (tertiary/aromatic N) is 2. The number of rotatable bonds is 5. The van der Waals surface area contributed by atoms with Crippen LogP contribution >= 0.6 is 0 Å². The second-order valence-corrected chi connectivity index (χ2v) is 19.1. The number of ketones is 1. The molecule has 5 N–H and O–H groups in total. The van der Waals surface area contributed by atoms with Crippen molar-refractivity contribution in [3.8, 4) is 23.0 Å². The number of quaternary nitrogens is 1. The fraction of sp³-hybridized carbons (Fsp3) is 0.520.